The molecule has 1 aromatic heterocycles. The summed E-state index contributed by atoms with van der Waals surface area (Å²) in [6, 6.07) is 7.44. The molecule has 2 rings (SSSR count). The van der Waals surface area contributed by atoms with Gasteiger partial charge in [-0.1, -0.05) is 18.2 Å². The molecule has 0 bridgehead atoms. The Bertz CT molecular complexity index is 437. The number of carbonyl (C=O) groups is 1. The lowest BCUT2D eigenvalue weighted by molar-refractivity contribution is 0.108. The smallest absolute Gasteiger partial charge is 0.264 e. The topological polar surface area (TPSA) is 30.0 Å². The van der Waals surface area contributed by atoms with Gasteiger partial charge in [-0.15, -0.1) is 0 Å². The minimum absolute atomic E-state index is 0.436. The molecule has 1 aromatic carbocycles. The van der Waals surface area contributed by atoms with Crippen molar-refractivity contribution in [2.45, 2.75) is 0 Å². The monoisotopic (exact) mass is 197 g/mol. The van der Waals surface area contributed by atoms with E-state index in [1.807, 2.05) is 24.3 Å². The fourth-order valence-electron chi connectivity index (χ4n) is 1.03. The van der Waals surface area contributed by atoms with Gasteiger partial charge in [-0.3, -0.25) is 4.79 Å². The summed E-state index contributed by atoms with van der Waals surface area (Å²) in [7, 11) is 0. The molecule has 0 saturated heterocycles. The lowest BCUT2D eigenvalue weighted by Gasteiger charge is -1.86. The number of fused-ring (bicyclic) bond motifs is 1. The van der Waals surface area contributed by atoms with Gasteiger partial charge in [-0.25, -0.2) is 0 Å². The number of aromatic nitrogens is 1. The summed E-state index contributed by atoms with van der Waals surface area (Å²) in [5.41, 5.74) is 0.825. The first-order valence-corrected chi connectivity index (χ1v) is 4.48. The molecule has 0 saturated carbocycles. The first kappa shape index (κ1) is 7.71. The van der Waals surface area contributed by atoms with E-state index in [0.717, 1.165) is 22.4 Å². The second-order valence-corrected chi connectivity index (χ2v) is 3.42. The molecule has 0 N–H and O–H groups in total. The third kappa shape index (κ3) is 1.11. The van der Waals surface area contributed by atoms with Gasteiger partial charge in [0.15, 0.2) is 0 Å². The molecule has 60 valence electrons. The highest BCUT2D eigenvalue weighted by Crippen LogP contribution is 2.23. The van der Waals surface area contributed by atoms with E-state index in [4.69, 9.17) is 11.6 Å². The fourth-order valence-corrected chi connectivity index (χ4v) is 1.93. The molecule has 0 amide bonds. The summed E-state index contributed by atoms with van der Waals surface area (Å²) in [6.07, 6.45) is 0. The number of carbonyl (C=O) groups excluding carboxylic acids is 1. The molecule has 0 fully saturated rings. The van der Waals surface area contributed by atoms with E-state index in [2.05, 4.69) is 4.37 Å². The van der Waals surface area contributed by atoms with Crippen molar-refractivity contribution in [2.24, 2.45) is 0 Å². The first-order chi connectivity index (χ1) is 5.79. The average Bonchev–Trinajstić information content (AvgIpc) is 2.47. The predicted octanol–water partition coefficient (Wildman–Crippen LogP) is 2.68. The number of hydrogen-bond donors (Lipinski definition) is 0. The normalized spacial score (nSPS) is 10.4. The van der Waals surface area contributed by atoms with Crippen molar-refractivity contribution >= 4 is 39.3 Å². The average molecular weight is 198 g/mol. The summed E-state index contributed by atoms with van der Waals surface area (Å²) in [4.78, 5) is 11.4. The Balaban J connectivity index is 2.79. The fraction of sp³-hybridized carbons (Fsp3) is 0. The molecule has 0 aliphatic heterocycles. The molecule has 0 atom stereocenters. The Morgan fingerprint density at radius 3 is 2.92 bits per heavy atom. The van der Waals surface area contributed by atoms with Crippen LogP contribution < -0.4 is 0 Å². The van der Waals surface area contributed by atoms with Crippen LogP contribution in [0, 0.1) is 0 Å². The Kier molecular flexibility index (Phi) is 1.83. The Hall–Kier alpha value is -0.930. The van der Waals surface area contributed by atoms with Crippen LogP contribution in [-0.4, -0.2) is 9.62 Å². The van der Waals surface area contributed by atoms with Gasteiger partial charge in [-0.2, -0.15) is 4.37 Å². The van der Waals surface area contributed by atoms with E-state index in [1.54, 1.807) is 0 Å². The van der Waals surface area contributed by atoms with Gasteiger partial charge in [-0.05, 0) is 29.2 Å². The molecule has 2 aromatic rings. The molecule has 0 radical (unpaired) electrons. The lowest BCUT2D eigenvalue weighted by atomic mass is 10.2. The van der Waals surface area contributed by atoms with E-state index in [1.165, 1.54) is 0 Å². The van der Waals surface area contributed by atoms with Crippen molar-refractivity contribution in [1.82, 2.24) is 4.37 Å². The third-order valence-electron chi connectivity index (χ3n) is 1.56. The van der Waals surface area contributed by atoms with Crippen molar-refractivity contribution in [1.29, 1.82) is 0 Å². The van der Waals surface area contributed by atoms with E-state index in [0.29, 0.717) is 4.88 Å². The van der Waals surface area contributed by atoms with Crippen LogP contribution in [-0.2, 0) is 0 Å². The van der Waals surface area contributed by atoms with Gasteiger partial charge in [0.25, 0.3) is 5.24 Å². The maximum Gasteiger partial charge on any atom is 0.264 e. The number of nitrogens with zero attached hydrogens (tertiary/aromatic N) is 1. The third-order valence-corrected chi connectivity index (χ3v) is 2.74. The number of hydrogen-bond acceptors (Lipinski definition) is 3. The van der Waals surface area contributed by atoms with Crippen LogP contribution in [0.25, 0.3) is 10.9 Å². The standard InChI is InChI=1S/C8H4ClNOS/c9-8(11)7-5-3-1-2-4-6(5)10-12-7/h1-4H. The predicted molar refractivity (Wildman–Crippen MR) is 49.8 cm³/mol. The number of rotatable bonds is 1. The van der Waals surface area contributed by atoms with Crippen LogP contribution >= 0.6 is 23.1 Å². The van der Waals surface area contributed by atoms with Crippen molar-refractivity contribution < 1.29 is 4.79 Å². The highest BCUT2D eigenvalue weighted by molar-refractivity contribution is 7.11. The molecule has 0 aliphatic rings. The minimum Gasteiger partial charge on any atom is -0.275 e. The number of benzene rings is 1. The van der Waals surface area contributed by atoms with Crippen LogP contribution in [0.1, 0.15) is 9.67 Å². The van der Waals surface area contributed by atoms with E-state index in [-0.39, 0.29) is 0 Å². The zero-order valence-corrected chi connectivity index (χ0v) is 7.52. The summed E-state index contributed by atoms with van der Waals surface area (Å²) in [5, 5.41) is 0.399. The largest absolute Gasteiger partial charge is 0.275 e. The van der Waals surface area contributed by atoms with Crippen LogP contribution in [0.2, 0.25) is 0 Å². The zero-order chi connectivity index (χ0) is 8.55. The molecular weight excluding hydrogens is 194 g/mol. The van der Waals surface area contributed by atoms with Crippen LogP contribution in [0.5, 0.6) is 0 Å². The summed E-state index contributed by atoms with van der Waals surface area (Å²) >= 11 is 6.49. The Morgan fingerprint density at radius 2 is 2.17 bits per heavy atom. The van der Waals surface area contributed by atoms with Gasteiger partial charge in [0, 0.05) is 5.39 Å². The van der Waals surface area contributed by atoms with Crippen molar-refractivity contribution in [3.8, 4) is 0 Å². The van der Waals surface area contributed by atoms with Gasteiger partial charge >= 0.3 is 0 Å². The summed E-state index contributed by atoms with van der Waals surface area (Å²) < 4.78 is 4.08. The maximum absolute atomic E-state index is 10.9. The SMILES string of the molecule is O=C(Cl)c1snc2ccccc12. The quantitative estimate of drug-likeness (QED) is 0.658. The highest BCUT2D eigenvalue weighted by Gasteiger charge is 2.10. The second kappa shape index (κ2) is 2.84. The molecule has 0 aliphatic carbocycles. The van der Waals surface area contributed by atoms with Gasteiger partial charge in [0.05, 0.1) is 5.52 Å². The van der Waals surface area contributed by atoms with Crippen LogP contribution in [0.4, 0.5) is 0 Å². The second-order valence-electron chi connectivity index (χ2n) is 2.30. The minimum atomic E-state index is -0.436. The molecule has 2 nitrogen and oxygen atoms in total. The van der Waals surface area contributed by atoms with Gasteiger partial charge in [0.2, 0.25) is 0 Å². The van der Waals surface area contributed by atoms with Crippen molar-refractivity contribution in [3.63, 3.8) is 0 Å². The summed E-state index contributed by atoms with van der Waals surface area (Å²) in [5.74, 6) is 0. The first-order valence-electron chi connectivity index (χ1n) is 3.33. The lowest BCUT2D eigenvalue weighted by Crippen LogP contribution is -1.81. The zero-order valence-electron chi connectivity index (χ0n) is 5.95. The van der Waals surface area contributed by atoms with E-state index in [9.17, 15) is 4.79 Å². The maximum atomic E-state index is 10.9. The van der Waals surface area contributed by atoms with Crippen molar-refractivity contribution in [3.05, 3.63) is 29.1 Å². The van der Waals surface area contributed by atoms with Crippen LogP contribution in [0.3, 0.4) is 0 Å². The molecular formula is C8H4ClNOS. The Labute approximate surface area is 77.9 Å². The van der Waals surface area contributed by atoms with Crippen molar-refractivity contribution in [2.75, 3.05) is 0 Å². The van der Waals surface area contributed by atoms with E-state index >= 15 is 0 Å². The molecule has 12 heavy (non-hydrogen) atoms. The highest BCUT2D eigenvalue weighted by atomic mass is 35.5. The number of halogens is 1. The molecule has 0 unspecified atom stereocenters. The Morgan fingerprint density at radius 1 is 1.42 bits per heavy atom. The van der Waals surface area contributed by atoms with Gasteiger partial charge in [0.1, 0.15) is 4.88 Å². The van der Waals surface area contributed by atoms with Crippen LogP contribution in [0.15, 0.2) is 24.3 Å². The molecule has 0 spiro atoms. The van der Waals surface area contributed by atoms with Gasteiger partial charge < -0.3 is 0 Å². The summed E-state index contributed by atoms with van der Waals surface area (Å²) in [6.45, 7) is 0. The molecule has 4 heteroatoms. The van der Waals surface area contributed by atoms with E-state index < -0.39 is 5.24 Å². The molecule has 1 heterocycles.